The molecule has 232 valence electrons. The summed E-state index contributed by atoms with van der Waals surface area (Å²) in [4.78, 5) is 14.8. The maximum atomic E-state index is 5.29. The highest BCUT2D eigenvalue weighted by molar-refractivity contribution is 5.99. The monoisotopic (exact) mass is 627 g/mol. The van der Waals surface area contributed by atoms with Gasteiger partial charge < -0.3 is 0 Å². The van der Waals surface area contributed by atoms with Gasteiger partial charge in [0, 0.05) is 40.7 Å². The number of fused-ring (bicyclic) bond motifs is 3. The molecule has 0 bridgehead atoms. The lowest BCUT2D eigenvalue weighted by Crippen LogP contribution is -1.99. The smallest absolute Gasteiger partial charge is 0.160 e. The molecule has 49 heavy (non-hydrogen) atoms. The average Bonchev–Trinajstić information content (AvgIpc) is 3.17. The highest BCUT2D eigenvalue weighted by Crippen LogP contribution is 2.36. The molecule has 0 amide bonds. The Morgan fingerprint density at radius 1 is 0.571 bits per heavy atom. The minimum atomic E-state index is 0.665. The predicted molar refractivity (Wildman–Crippen MR) is 207 cm³/mol. The van der Waals surface area contributed by atoms with Crippen LogP contribution in [0.1, 0.15) is 18.2 Å². The van der Waals surface area contributed by atoms with Crippen molar-refractivity contribution in [2.75, 3.05) is 0 Å². The van der Waals surface area contributed by atoms with Gasteiger partial charge in [-0.2, -0.15) is 0 Å². The lowest BCUT2D eigenvalue weighted by molar-refractivity contribution is 1.16. The number of nitrogens with zero attached hydrogens (tertiary/aromatic N) is 3. The fourth-order valence-electron chi connectivity index (χ4n) is 6.62. The van der Waals surface area contributed by atoms with E-state index in [-0.39, 0.29) is 0 Å². The van der Waals surface area contributed by atoms with E-state index in [1.165, 1.54) is 10.8 Å². The predicted octanol–water partition coefficient (Wildman–Crippen LogP) is 12.0. The highest BCUT2D eigenvalue weighted by atomic mass is 14.9. The van der Waals surface area contributed by atoms with E-state index in [0.29, 0.717) is 5.82 Å². The topological polar surface area (TPSA) is 38.7 Å². The minimum absolute atomic E-state index is 0.665. The Balaban J connectivity index is 1.30. The first-order valence-electron chi connectivity index (χ1n) is 16.5. The van der Waals surface area contributed by atoms with E-state index in [4.69, 9.17) is 9.97 Å². The molecule has 0 aliphatic rings. The number of hydrogen-bond donors (Lipinski definition) is 0. The normalized spacial score (nSPS) is 11.9. The van der Waals surface area contributed by atoms with Gasteiger partial charge in [-0.3, -0.25) is 4.98 Å². The molecule has 0 atom stereocenters. The zero-order valence-electron chi connectivity index (χ0n) is 27.2. The Bertz CT molecular complexity index is 2580. The van der Waals surface area contributed by atoms with Crippen LogP contribution >= 0.6 is 0 Å². The Labute approximate surface area is 286 Å². The van der Waals surface area contributed by atoms with Gasteiger partial charge in [-0.05, 0) is 79.9 Å². The van der Waals surface area contributed by atoms with Gasteiger partial charge in [0.1, 0.15) is 0 Å². The van der Waals surface area contributed by atoms with Crippen LogP contribution in [-0.2, 0) is 0 Å². The first-order valence-corrected chi connectivity index (χ1v) is 16.5. The van der Waals surface area contributed by atoms with Crippen LogP contribution < -0.4 is 0 Å². The van der Waals surface area contributed by atoms with Crippen LogP contribution in [0.2, 0.25) is 0 Å². The summed E-state index contributed by atoms with van der Waals surface area (Å²) in [7, 11) is 0. The molecular formula is C46H33N3. The molecule has 0 radical (unpaired) electrons. The third kappa shape index (κ3) is 5.83. The second-order valence-electron chi connectivity index (χ2n) is 12.2. The molecule has 0 aliphatic carbocycles. The SMILES string of the molecule is C=C(/C=C(\C=C/C)c1ccc2ccccc2c1)c1nc(-c2cccc3ccccc23)ncc1-c1cccc(-c2cncc3ccccc23)c1. The summed E-state index contributed by atoms with van der Waals surface area (Å²) in [5.41, 5.74) is 8.85. The van der Waals surface area contributed by atoms with Crippen LogP contribution in [0.5, 0.6) is 0 Å². The molecule has 8 rings (SSSR count). The van der Waals surface area contributed by atoms with Crippen molar-refractivity contribution in [3.8, 4) is 33.6 Å². The van der Waals surface area contributed by atoms with Crippen LogP contribution in [0, 0.1) is 0 Å². The zero-order valence-corrected chi connectivity index (χ0v) is 27.2. The van der Waals surface area contributed by atoms with Crippen molar-refractivity contribution in [3.63, 3.8) is 0 Å². The second-order valence-corrected chi connectivity index (χ2v) is 12.2. The lowest BCUT2D eigenvalue weighted by Gasteiger charge is -2.15. The summed E-state index contributed by atoms with van der Waals surface area (Å²) in [6.45, 7) is 6.67. The van der Waals surface area contributed by atoms with E-state index in [1.807, 2.05) is 31.6 Å². The van der Waals surface area contributed by atoms with Crippen LogP contribution in [0.4, 0.5) is 0 Å². The van der Waals surface area contributed by atoms with Gasteiger partial charge in [0.2, 0.25) is 0 Å². The molecule has 2 aromatic heterocycles. The first kappa shape index (κ1) is 29.9. The van der Waals surface area contributed by atoms with E-state index in [9.17, 15) is 0 Å². The summed E-state index contributed by atoms with van der Waals surface area (Å²) in [6.07, 6.45) is 12.1. The molecule has 0 saturated carbocycles. The molecule has 6 aromatic carbocycles. The van der Waals surface area contributed by atoms with Crippen molar-refractivity contribution in [2.45, 2.75) is 6.92 Å². The molecule has 0 unspecified atom stereocenters. The molecule has 3 heteroatoms. The second kappa shape index (κ2) is 13.0. The fraction of sp³-hybridized carbons (Fsp3) is 0.0217. The van der Waals surface area contributed by atoms with Gasteiger partial charge in [0.25, 0.3) is 0 Å². The Morgan fingerprint density at radius 3 is 2.06 bits per heavy atom. The van der Waals surface area contributed by atoms with Crippen LogP contribution in [0.3, 0.4) is 0 Å². The van der Waals surface area contributed by atoms with Crippen molar-refractivity contribution in [3.05, 3.63) is 188 Å². The molecule has 0 fully saturated rings. The molecule has 0 saturated heterocycles. The van der Waals surface area contributed by atoms with Gasteiger partial charge in [0.15, 0.2) is 5.82 Å². The van der Waals surface area contributed by atoms with E-state index in [0.717, 1.165) is 71.8 Å². The number of allylic oxidation sites excluding steroid dienone is 5. The van der Waals surface area contributed by atoms with Gasteiger partial charge in [-0.15, -0.1) is 0 Å². The molecular weight excluding hydrogens is 595 g/mol. The third-order valence-electron chi connectivity index (χ3n) is 9.04. The molecule has 3 nitrogen and oxygen atoms in total. The average molecular weight is 628 g/mol. The van der Waals surface area contributed by atoms with E-state index in [2.05, 4.69) is 157 Å². The number of aromatic nitrogens is 3. The number of benzene rings is 6. The van der Waals surface area contributed by atoms with Crippen LogP contribution in [0.25, 0.3) is 77.1 Å². The Hall–Kier alpha value is -6.45. The third-order valence-corrected chi connectivity index (χ3v) is 9.04. The van der Waals surface area contributed by atoms with E-state index < -0.39 is 0 Å². The fourth-order valence-corrected chi connectivity index (χ4v) is 6.62. The summed E-state index contributed by atoms with van der Waals surface area (Å²) < 4.78 is 0. The number of hydrogen-bond acceptors (Lipinski definition) is 3. The minimum Gasteiger partial charge on any atom is -0.263 e. The van der Waals surface area contributed by atoms with E-state index in [1.54, 1.807) is 0 Å². The largest absolute Gasteiger partial charge is 0.263 e. The number of pyridine rings is 1. The summed E-state index contributed by atoms with van der Waals surface area (Å²) >= 11 is 0. The van der Waals surface area contributed by atoms with Gasteiger partial charge in [-0.25, -0.2) is 9.97 Å². The van der Waals surface area contributed by atoms with Crippen LogP contribution in [0.15, 0.2) is 177 Å². The Kier molecular flexibility index (Phi) is 7.93. The molecule has 0 spiro atoms. The van der Waals surface area contributed by atoms with Crippen molar-refractivity contribution >= 4 is 43.5 Å². The summed E-state index contributed by atoms with van der Waals surface area (Å²) in [5.74, 6) is 0.665. The van der Waals surface area contributed by atoms with Gasteiger partial charge >= 0.3 is 0 Å². The zero-order chi connectivity index (χ0) is 33.2. The Morgan fingerprint density at radius 2 is 1.24 bits per heavy atom. The van der Waals surface area contributed by atoms with E-state index >= 15 is 0 Å². The quantitative estimate of drug-likeness (QED) is 0.165. The molecule has 0 N–H and O–H groups in total. The summed E-state index contributed by atoms with van der Waals surface area (Å²) in [5, 5.41) is 6.94. The maximum Gasteiger partial charge on any atom is 0.160 e. The standard InChI is InChI=1S/C46H33N3/c1-3-12-34(36-24-23-32-13-4-5-15-35(32)26-36)25-31(2)45-44(30-48-46(49-45)42-22-11-17-33-14-6-8-20-40(33)42)38-19-10-18-37(27-38)43-29-47-28-39-16-7-9-21-41(39)43/h3-30H,2H2,1H3/b12-3-,34-25+. The van der Waals surface area contributed by atoms with Crippen molar-refractivity contribution < 1.29 is 0 Å². The van der Waals surface area contributed by atoms with Crippen molar-refractivity contribution in [1.29, 1.82) is 0 Å². The molecule has 0 aliphatic heterocycles. The lowest BCUT2D eigenvalue weighted by atomic mass is 9.94. The van der Waals surface area contributed by atoms with Crippen molar-refractivity contribution in [1.82, 2.24) is 15.0 Å². The first-order chi connectivity index (χ1) is 24.2. The summed E-state index contributed by atoms with van der Waals surface area (Å²) in [6, 6.07) is 46.6. The van der Waals surface area contributed by atoms with Gasteiger partial charge in [0.05, 0.1) is 5.69 Å². The van der Waals surface area contributed by atoms with Crippen molar-refractivity contribution in [2.24, 2.45) is 0 Å². The molecule has 8 aromatic rings. The number of rotatable bonds is 7. The molecule has 2 heterocycles. The van der Waals surface area contributed by atoms with Gasteiger partial charge in [-0.1, -0.05) is 140 Å². The van der Waals surface area contributed by atoms with Crippen LogP contribution in [-0.4, -0.2) is 15.0 Å². The highest BCUT2D eigenvalue weighted by Gasteiger charge is 2.16. The maximum absolute atomic E-state index is 5.29.